The van der Waals surface area contributed by atoms with Crippen LogP contribution >= 0.6 is 33.9 Å². The molecule has 3 heterocycles. The van der Waals surface area contributed by atoms with Crippen molar-refractivity contribution in [1.29, 1.82) is 0 Å². The third-order valence-electron chi connectivity index (χ3n) is 5.87. The molecule has 0 saturated carbocycles. The zero-order chi connectivity index (χ0) is 27.5. The van der Waals surface area contributed by atoms with E-state index >= 15 is 0 Å². The minimum atomic E-state index is -0.799. The summed E-state index contributed by atoms with van der Waals surface area (Å²) in [4.78, 5) is 44.2. The fourth-order valence-electron chi connectivity index (χ4n) is 4.09. The lowest BCUT2D eigenvalue weighted by molar-refractivity contribution is -0.138. The second-order valence-corrected chi connectivity index (χ2v) is 10.7. The predicted octanol–water partition coefficient (Wildman–Crippen LogP) is 4.38. The number of esters is 2. The molecule has 39 heavy (non-hydrogen) atoms. The minimum absolute atomic E-state index is 0.0151. The Morgan fingerprint density at radius 3 is 2.54 bits per heavy atom. The maximum absolute atomic E-state index is 13.7. The molecule has 0 spiro atoms. The van der Waals surface area contributed by atoms with E-state index in [9.17, 15) is 14.4 Å². The van der Waals surface area contributed by atoms with Gasteiger partial charge in [-0.25, -0.2) is 14.6 Å². The van der Waals surface area contributed by atoms with Gasteiger partial charge in [0, 0.05) is 3.57 Å². The highest BCUT2D eigenvalue weighted by molar-refractivity contribution is 14.1. The molecule has 0 saturated heterocycles. The summed E-state index contributed by atoms with van der Waals surface area (Å²) in [6.07, 6.45) is 4.67. The van der Waals surface area contributed by atoms with Crippen molar-refractivity contribution in [3.63, 3.8) is 0 Å². The normalized spacial score (nSPS) is 14.9. The number of carbonyl (C=O) groups is 2. The standard InChI is InChI=1S/C29H21IN2O6S/c1-3-14-37-28(35)24-17(2)31-29-32(26(33)23(39-29)16-18-6-10-20(30)11-7-18)25(24)19-8-12-21(13-9-19)38-27(34)22-5-4-15-36-22/h3-13,15-16,25H,1,14H2,2H3/b23-16+. The van der Waals surface area contributed by atoms with Crippen LogP contribution in [0.1, 0.15) is 34.6 Å². The number of thiazole rings is 1. The second-order valence-electron chi connectivity index (χ2n) is 8.46. The lowest BCUT2D eigenvalue weighted by atomic mass is 9.96. The van der Waals surface area contributed by atoms with Crippen molar-refractivity contribution in [1.82, 2.24) is 4.57 Å². The van der Waals surface area contributed by atoms with Gasteiger partial charge in [-0.3, -0.25) is 9.36 Å². The summed E-state index contributed by atoms with van der Waals surface area (Å²) in [5.41, 5.74) is 1.91. The number of fused-ring (bicyclic) bond motifs is 1. The molecule has 1 atom stereocenters. The van der Waals surface area contributed by atoms with Gasteiger partial charge in [-0.2, -0.15) is 0 Å². The molecule has 10 heteroatoms. The van der Waals surface area contributed by atoms with Crippen LogP contribution < -0.4 is 19.6 Å². The highest BCUT2D eigenvalue weighted by Crippen LogP contribution is 2.31. The van der Waals surface area contributed by atoms with Gasteiger partial charge in [0.15, 0.2) is 4.80 Å². The maximum Gasteiger partial charge on any atom is 0.379 e. The maximum atomic E-state index is 13.7. The molecule has 0 fully saturated rings. The van der Waals surface area contributed by atoms with Crippen molar-refractivity contribution in [3.8, 4) is 5.75 Å². The Balaban J connectivity index is 1.58. The number of benzene rings is 2. The van der Waals surface area contributed by atoms with Crippen LogP contribution in [-0.4, -0.2) is 23.1 Å². The molecule has 1 unspecified atom stereocenters. The van der Waals surface area contributed by atoms with Gasteiger partial charge in [-0.1, -0.05) is 48.3 Å². The van der Waals surface area contributed by atoms with E-state index in [0.29, 0.717) is 20.6 Å². The molecule has 196 valence electrons. The molecule has 5 rings (SSSR count). The van der Waals surface area contributed by atoms with Crippen molar-refractivity contribution in [2.24, 2.45) is 4.99 Å². The molecule has 2 aromatic carbocycles. The second kappa shape index (κ2) is 11.4. The number of hydrogen-bond donors (Lipinski definition) is 0. The number of allylic oxidation sites excluding steroid dienone is 1. The largest absolute Gasteiger partial charge is 0.458 e. The van der Waals surface area contributed by atoms with Gasteiger partial charge in [0.1, 0.15) is 12.4 Å². The Labute approximate surface area is 240 Å². The summed E-state index contributed by atoms with van der Waals surface area (Å²) < 4.78 is 18.9. The number of furan rings is 1. The highest BCUT2D eigenvalue weighted by atomic mass is 127. The van der Waals surface area contributed by atoms with Crippen LogP contribution in [0, 0.1) is 3.57 Å². The number of nitrogens with zero attached hydrogens (tertiary/aromatic N) is 2. The van der Waals surface area contributed by atoms with E-state index in [0.717, 1.165) is 9.13 Å². The minimum Gasteiger partial charge on any atom is -0.458 e. The van der Waals surface area contributed by atoms with Crippen molar-refractivity contribution < 1.29 is 23.5 Å². The Bertz CT molecular complexity index is 1760. The molecule has 0 radical (unpaired) electrons. The first-order valence-electron chi connectivity index (χ1n) is 11.8. The third kappa shape index (κ3) is 5.57. The summed E-state index contributed by atoms with van der Waals surface area (Å²) in [6.45, 7) is 5.33. The molecular weight excluding hydrogens is 631 g/mol. The molecule has 0 N–H and O–H groups in total. The van der Waals surface area contributed by atoms with Gasteiger partial charge in [0.05, 0.1) is 28.1 Å². The molecule has 1 aliphatic heterocycles. The van der Waals surface area contributed by atoms with Crippen molar-refractivity contribution in [2.75, 3.05) is 6.61 Å². The number of ether oxygens (including phenoxy) is 2. The van der Waals surface area contributed by atoms with E-state index in [1.54, 1.807) is 37.3 Å². The van der Waals surface area contributed by atoms with Gasteiger partial charge < -0.3 is 13.9 Å². The lowest BCUT2D eigenvalue weighted by Gasteiger charge is -2.24. The highest BCUT2D eigenvalue weighted by Gasteiger charge is 2.33. The molecule has 2 aromatic heterocycles. The molecule has 8 nitrogen and oxygen atoms in total. The Morgan fingerprint density at radius 2 is 1.87 bits per heavy atom. The zero-order valence-corrected chi connectivity index (χ0v) is 23.6. The van der Waals surface area contributed by atoms with Crippen LogP contribution in [0.4, 0.5) is 0 Å². The van der Waals surface area contributed by atoms with E-state index in [4.69, 9.17) is 13.9 Å². The number of hydrogen-bond acceptors (Lipinski definition) is 8. The Hall–Kier alpha value is -4.03. The van der Waals surface area contributed by atoms with Crippen LogP contribution in [-0.2, 0) is 9.53 Å². The lowest BCUT2D eigenvalue weighted by Crippen LogP contribution is -2.39. The summed E-state index contributed by atoms with van der Waals surface area (Å²) in [5.74, 6) is -0.880. The first kappa shape index (κ1) is 26.6. The number of aromatic nitrogens is 1. The van der Waals surface area contributed by atoms with E-state index in [1.165, 1.54) is 34.3 Å². The van der Waals surface area contributed by atoms with Crippen LogP contribution in [0.3, 0.4) is 0 Å². The average Bonchev–Trinajstić information content (AvgIpc) is 3.57. The van der Waals surface area contributed by atoms with Crippen LogP contribution in [0.15, 0.2) is 105 Å². The summed E-state index contributed by atoms with van der Waals surface area (Å²) >= 11 is 3.47. The zero-order valence-electron chi connectivity index (χ0n) is 20.6. The van der Waals surface area contributed by atoms with Crippen molar-refractivity contribution >= 4 is 51.9 Å². The van der Waals surface area contributed by atoms with E-state index in [1.807, 2.05) is 30.3 Å². The van der Waals surface area contributed by atoms with Gasteiger partial charge in [0.25, 0.3) is 5.56 Å². The van der Waals surface area contributed by atoms with Gasteiger partial charge in [-0.05, 0) is 83.1 Å². The fraction of sp³-hybridized carbons (Fsp3) is 0.103. The van der Waals surface area contributed by atoms with Gasteiger partial charge in [-0.15, -0.1) is 0 Å². The smallest absolute Gasteiger partial charge is 0.379 e. The number of halogens is 1. The molecule has 0 amide bonds. The molecule has 1 aliphatic rings. The quantitative estimate of drug-likeness (QED) is 0.127. The van der Waals surface area contributed by atoms with E-state index in [2.05, 4.69) is 34.2 Å². The Kier molecular flexibility index (Phi) is 7.75. The summed E-state index contributed by atoms with van der Waals surface area (Å²) in [7, 11) is 0. The SMILES string of the molecule is C=CCOC(=O)C1=C(C)N=c2s/c(=C/c3ccc(I)cc3)c(=O)n2C1c1ccc(OC(=O)c2ccco2)cc1. The third-order valence-corrected chi connectivity index (χ3v) is 7.57. The van der Waals surface area contributed by atoms with Crippen LogP contribution in [0.2, 0.25) is 0 Å². The summed E-state index contributed by atoms with van der Waals surface area (Å²) in [6, 6.07) is 16.7. The molecule has 0 aliphatic carbocycles. The number of rotatable bonds is 7. The van der Waals surface area contributed by atoms with Crippen molar-refractivity contribution in [3.05, 3.63) is 131 Å². The first-order chi connectivity index (χ1) is 18.9. The fourth-order valence-corrected chi connectivity index (χ4v) is 5.50. The topological polar surface area (TPSA) is 100 Å². The molecule has 0 bridgehead atoms. The monoisotopic (exact) mass is 652 g/mol. The van der Waals surface area contributed by atoms with Gasteiger partial charge >= 0.3 is 11.9 Å². The Morgan fingerprint density at radius 1 is 1.13 bits per heavy atom. The predicted molar refractivity (Wildman–Crippen MR) is 154 cm³/mol. The molecule has 4 aromatic rings. The average molecular weight is 652 g/mol. The van der Waals surface area contributed by atoms with E-state index < -0.39 is 18.0 Å². The van der Waals surface area contributed by atoms with Crippen molar-refractivity contribution in [2.45, 2.75) is 13.0 Å². The van der Waals surface area contributed by atoms with E-state index in [-0.39, 0.29) is 29.2 Å². The van der Waals surface area contributed by atoms with Crippen LogP contribution in [0.25, 0.3) is 6.08 Å². The molecular formula is C29H21IN2O6S. The van der Waals surface area contributed by atoms with Gasteiger partial charge in [0.2, 0.25) is 5.76 Å². The first-order valence-corrected chi connectivity index (χ1v) is 13.7. The summed E-state index contributed by atoms with van der Waals surface area (Å²) in [5, 5.41) is 0. The number of carbonyl (C=O) groups excluding carboxylic acids is 2. The van der Waals surface area contributed by atoms with Crippen LogP contribution in [0.5, 0.6) is 5.75 Å².